The Hall–Kier alpha value is -2.89. The maximum Gasteiger partial charge on any atom is 0.143 e. The van der Waals surface area contributed by atoms with Crippen LogP contribution in [-0.2, 0) is 0 Å². The van der Waals surface area contributed by atoms with Gasteiger partial charge in [0.2, 0.25) is 0 Å². The summed E-state index contributed by atoms with van der Waals surface area (Å²) in [6.45, 7) is 0. The van der Waals surface area contributed by atoms with E-state index in [4.69, 9.17) is 0 Å². The molecular weight excluding hydrogens is 335 g/mol. The van der Waals surface area contributed by atoms with Gasteiger partial charge in [0.25, 0.3) is 0 Å². The van der Waals surface area contributed by atoms with Gasteiger partial charge in [-0.25, -0.2) is 0 Å². The van der Waals surface area contributed by atoms with Crippen LogP contribution in [0.5, 0.6) is 5.75 Å². The Balaban J connectivity index is 2.17. The second kappa shape index (κ2) is 7.15. The van der Waals surface area contributed by atoms with E-state index in [1.807, 2.05) is 36.4 Å². The van der Waals surface area contributed by atoms with Crippen LogP contribution in [0.1, 0.15) is 0 Å². The third kappa shape index (κ3) is 2.71. The van der Waals surface area contributed by atoms with Gasteiger partial charge in [-0.2, -0.15) is 0 Å². The molecule has 1 nitrogen and oxygen atoms in total. The lowest BCUT2D eigenvalue weighted by atomic mass is 10.3. The Labute approximate surface area is 154 Å². The highest BCUT2D eigenvalue weighted by Crippen LogP contribution is 2.55. The van der Waals surface area contributed by atoms with Crippen LogP contribution < -0.4 is 26.3 Å². The SMILES string of the molecule is [O-]c1ccccc1[P+](c1ccccc1)(c1ccccc1)c1ccccc1. The van der Waals surface area contributed by atoms with Crippen molar-refractivity contribution >= 4 is 28.5 Å². The topological polar surface area (TPSA) is 23.1 Å². The molecule has 0 bridgehead atoms. The second-order valence-electron chi connectivity index (χ2n) is 6.15. The highest BCUT2D eigenvalue weighted by molar-refractivity contribution is 8.01. The fourth-order valence-corrected chi connectivity index (χ4v) is 7.86. The van der Waals surface area contributed by atoms with Crippen LogP contribution in [-0.4, -0.2) is 0 Å². The molecule has 0 radical (unpaired) electrons. The molecule has 4 aromatic rings. The fourth-order valence-electron chi connectivity index (χ4n) is 3.55. The van der Waals surface area contributed by atoms with Crippen molar-refractivity contribution in [3.63, 3.8) is 0 Å². The lowest BCUT2D eigenvalue weighted by Crippen LogP contribution is -2.39. The molecule has 26 heavy (non-hydrogen) atoms. The summed E-state index contributed by atoms with van der Waals surface area (Å²) in [6, 6.07) is 38.8. The van der Waals surface area contributed by atoms with Crippen LogP contribution in [0.4, 0.5) is 0 Å². The number of benzene rings is 4. The molecule has 0 spiro atoms. The Bertz CT molecular complexity index is 885. The van der Waals surface area contributed by atoms with E-state index in [9.17, 15) is 5.11 Å². The minimum atomic E-state index is -2.26. The number of rotatable bonds is 4. The molecular formula is C24H19OP. The van der Waals surface area contributed by atoms with Crippen LogP contribution in [0.25, 0.3) is 0 Å². The average molecular weight is 354 g/mol. The summed E-state index contributed by atoms with van der Waals surface area (Å²) in [6.07, 6.45) is 0. The van der Waals surface area contributed by atoms with Gasteiger partial charge < -0.3 is 5.11 Å². The molecule has 4 aromatic carbocycles. The molecule has 0 aliphatic carbocycles. The van der Waals surface area contributed by atoms with Gasteiger partial charge in [0.15, 0.2) is 0 Å². The first-order valence-electron chi connectivity index (χ1n) is 8.66. The molecule has 0 fully saturated rings. The number of para-hydroxylation sites is 1. The van der Waals surface area contributed by atoms with Crippen molar-refractivity contribution < 1.29 is 5.11 Å². The first kappa shape index (κ1) is 16.6. The van der Waals surface area contributed by atoms with E-state index < -0.39 is 7.26 Å². The third-order valence-electron chi connectivity index (χ3n) is 4.66. The summed E-state index contributed by atoms with van der Waals surface area (Å²) in [7, 11) is -2.26. The summed E-state index contributed by atoms with van der Waals surface area (Å²) in [4.78, 5) is 0. The molecule has 4 rings (SSSR count). The van der Waals surface area contributed by atoms with E-state index in [1.54, 1.807) is 6.07 Å². The summed E-state index contributed by atoms with van der Waals surface area (Å²) in [5.74, 6) is 0.0948. The Kier molecular flexibility index (Phi) is 4.56. The minimum Gasteiger partial charge on any atom is -0.870 e. The quantitative estimate of drug-likeness (QED) is 0.515. The van der Waals surface area contributed by atoms with Gasteiger partial charge in [-0.15, -0.1) is 0 Å². The van der Waals surface area contributed by atoms with Gasteiger partial charge in [0, 0.05) is 0 Å². The highest BCUT2D eigenvalue weighted by Gasteiger charge is 2.47. The average Bonchev–Trinajstić information content (AvgIpc) is 2.72. The van der Waals surface area contributed by atoms with Gasteiger partial charge in [0.1, 0.15) is 28.5 Å². The van der Waals surface area contributed by atoms with Crippen molar-refractivity contribution in [2.24, 2.45) is 0 Å². The molecule has 126 valence electrons. The zero-order valence-electron chi connectivity index (χ0n) is 14.3. The maximum absolute atomic E-state index is 13.0. The molecule has 0 amide bonds. The van der Waals surface area contributed by atoms with Crippen LogP contribution >= 0.6 is 7.26 Å². The summed E-state index contributed by atoms with van der Waals surface area (Å²) >= 11 is 0. The van der Waals surface area contributed by atoms with E-state index in [2.05, 4.69) is 72.8 Å². The van der Waals surface area contributed by atoms with Crippen molar-refractivity contribution in [3.05, 3.63) is 115 Å². The molecule has 0 N–H and O–H groups in total. The van der Waals surface area contributed by atoms with Gasteiger partial charge in [0.05, 0.1) is 0 Å². The van der Waals surface area contributed by atoms with Crippen molar-refractivity contribution in [2.75, 3.05) is 0 Å². The first-order valence-corrected chi connectivity index (χ1v) is 10.4. The number of hydrogen-bond donors (Lipinski definition) is 0. The third-order valence-corrected chi connectivity index (χ3v) is 8.97. The van der Waals surface area contributed by atoms with Crippen LogP contribution in [0.3, 0.4) is 0 Å². The van der Waals surface area contributed by atoms with Crippen LogP contribution in [0.2, 0.25) is 0 Å². The zero-order valence-corrected chi connectivity index (χ0v) is 15.2. The molecule has 0 saturated carbocycles. The molecule has 0 aliphatic heterocycles. The molecule has 2 heteroatoms. The predicted molar refractivity (Wildman–Crippen MR) is 111 cm³/mol. The van der Waals surface area contributed by atoms with Gasteiger partial charge >= 0.3 is 0 Å². The molecule has 0 saturated heterocycles. The lowest BCUT2D eigenvalue weighted by Gasteiger charge is -2.30. The highest BCUT2D eigenvalue weighted by atomic mass is 31.2. The molecule has 0 heterocycles. The Morgan fingerprint density at radius 3 is 1.15 bits per heavy atom. The normalized spacial score (nSPS) is 11.2. The largest absolute Gasteiger partial charge is 0.870 e. The standard InChI is InChI=1S/C24H19OP/c25-23-18-10-11-19-24(23)26(20-12-4-1-5-13-20,21-14-6-2-7-15-21)22-16-8-3-9-17-22/h1-19H. The van der Waals surface area contributed by atoms with Crippen molar-refractivity contribution in [1.29, 1.82) is 0 Å². The zero-order chi connectivity index (χ0) is 17.8. The van der Waals surface area contributed by atoms with Gasteiger partial charge in [-0.3, -0.25) is 0 Å². The molecule has 0 unspecified atom stereocenters. The summed E-state index contributed by atoms with van der Waals surface area (Å²) in [5, 5.41) is 17.5. The fraction of sp³-hybridized carbons (Fsp3) is 0. The Morgan fingerprint density at radius 1 is 0.423 bits per heavy atom. The smallest absolute Gasteiger partial charge is 0.143 e. The number of hydrogen-bond acceptors (Lipinski definition) is 1. The van der Waals surface area contributed by atoms with E-state index in [1.165, 1.54) is 15.9 Å². The van der Waals surface area contributed by atoms with Crippen molar-refractivity contribution in [3.8, 4) is 5.75 Å². The summed E-state index contributed by atoms with van der Waals surface area (Å²) in [5.41, 5.74) is 0. The predicted octanol–water partition coefficient (Wildman–Crippen LogP) is 3.38. The van der Waals surface area contributed by atoms with Gasteiger partial charge in [-0.05, 0) is 42.5 Å². The monoisotopic (exact) mass is 354 g/mol. The molecule has 0 aliphatic rings. The lowest BCUT2D eigenvalue weighted by molar-refractivity contribution is -0.266. The van der Waals surface area contributed by atoms with Crippen molar-refractivity contribution in [2.45, 2.75) is 0 Å². The van der Waals surface area contributed by atoms with Crippen molar-refractivity contribution in [1.82, 2.24) is 0 Å². The molecule has 0 atom stereocenters. The van der Waals surface area contributed by atoms with E-state index in [0.29, 0.717) is 0 Å². The minimum absolute atomic E-state index is 0.0948. The van der Waals surface area contributed by atoms with E-state index >= 15 is 0 Å². The van der Waals surface area contributed by atoms with Gasteiger partial charge in [-0.1, -0.05) is 78.5 Å². The maximum atomic E-state index is 13.0. The first-order chi connectivity index (χ1) is 12.8. The molecule has 0 aromatic heterocycles. The summed E-state index contributed by atoms with van der Waals surface area (Å²) < 4.78 is 0. The van der Waals surface area contributed by atoms with E-state index in [-0.39, 0.29) is 5.75 Å². The Morgan fingerprint density at radius 2 is 0.769 bits per heavy atom. The van der Waals surface area contributed by atoms with E-state index in [0.717, 1.165) is 5.30 Å². The van der Waals surface area contributed by atoms with Crippen LogP contribution in [0.15, 0.2) is 115 Å². The second-order valence-corrected chi connectivity index (χ2v) is 9.52. The van der Waals surface area contributed by atoms with Crippen LogP contribution in [0, 0.1) is 0 Å².